The van der Waals surface area contributed by atoms with Gasteiger partial charge in [-0.05, 0) is 84.8 Å². The maximum absolute atomic E-state index is 13.5. The molecule has 0 bridgehead atoms. The van der Waals surface area contributed by atoms with Crippen LogP contribution >= 0.6 is 11.6 Å². The highest BCUT2D eigenvalue weighted by Crippen LogP contribution is 2.49. The minimum absolute atomic E-state index is 0.00847. The molecular weight excluding hydrogens is 1070 g/mol. The number of imide groups is 2. The van der Waals surface area contributed by atoms with Gasteiger partial charge in [-0.1, -0.05) is 114 Å². The zero-order valence-electron chi connectivity index (χ0n) is 47.7. The van der Waals surface area contributed by atoms with Crippen LogP contribution in [0.3, 0.4) is 0 Å². The molecule has 0 spiro atoms. The Kier molecular flexibility index (Phi) is 12.9. The minimum Gasteiger partial charge on any atom is -0.497 e. The molecule has 4 aliphatic rings. The Morgan fingerprint density at radius 1 is 0.556 bits per heavy atom. The van der Waals surface area contributed by atoms with E-state index in [1.165, 1.54) is 0 Å². The number of amides is 4. The molecule has 2 aliphatic carbocycles. The van der Waals surface area contributed by atoms with Gasteiger partial charge in [-0.15, -0.1) is 0 Å². The lowest BCUT2D eigenvalue weighted by Gasteiger charge is -2.38. The first-order chi connectivity index (χ1) is 38.4. The summed E-state index contributed by atoms with van der Waals surface area (Å²) in [6, 6.07) is 27.4. The summed E-state index contributed by atoms with van der Waals surface area (Å²) in [7, 11) is -0.680. The SMILES string of the molecule is COc1ccc2c(c1)c(C1=C(c3c(Cl)[nH]c4ccccc34)C(=O)NC1=O)cn2C1C=C[C@@H](O[Si](C)(C)C(C)(C)C)C1.COc1ccc2c(c1)c1c3c(c4c5ccccc5[nH]c4c1n2C1C=C[C@@H](O[Si](C)(C)C(C)(C)C)C1)C(=O)NC3=O. The first-order valence-corrected chi connectivity index (χ1v) is 33.8. The molecule has 0 fully saturated rings. The number of aromatic amines is 2. The number of carbonyl (C=O) groups is 4. The van der Waals surface area contributed by atoms with Crippen LogP contribution < -0.4 is 20.1 Å². The molecule has 0 saturated carbocycles. The number of allylic oxidation sites excluding steroid dienone is 2. The van der Waals surface area contributed by atoms with Gasteiger partial charge in [0.05, 0.1) is 77.3 Å². The molecule has 416 valence electrons. The standard InChI is InChI=1S/C32H34ClN3O4Si.C32H33N3O4Si/c1-32(2,3)41(5,6)40-20-12-11-18(15-20)36-17-23(22-16-19(39-4)13-14-25(22)36)27-28(31(38)35-30(27)37)26-21-9-7-8-10-24(21)34-29(26)33;1-32(2,3)40(5,6)39-19-12-11-17(15-19)35-23-14-13-18(38-4)16-21(23)25-27-26(30(36)34-31(27)37)24-20-9-7-8-10-22(20)33-28(24)29(25)35/h7-14,16-18,20,34H,15H2,1-6H3,(H,35,37,38);7-14,16-17,19,33H,15H2,1-6H3,(H,34,36,37)/t18?,20-;17?,19-/m11/s1. The number of nitrogens with one attached hydrogen (secondary N) is 4. The molecule has 81 heavy (non-hydrogen) atoms. The smallest absolute Gasteiger partial charge is 0.259 e. The number of rotatable bonds is 10. The van der Waals surface area contributed by atoms with Crippen LogP contribution in [-0.4, -0.2) is 85.8 Å². The number of aromatic nitrogens is 4. The van der Waals surface area contributed by atoms with E-state index in [0.717, 1.165) is 78.3 Å². The predicted molar refractivity (Wildman–Crippen MR) is 329 cm³/mol. The fourth-order valence-electron chi connectivity index (χ4n) is 11.9. The van der Waals surface area contributed by atoms with E-state index in [1.807, 2.05) is 85.1 Å². The van der Waals surface area contributed by atoms with E-state index < -0.39 is 28.4 Å². The van der Waals surface area contributed by atoms with Crippen LogP contribution in [0.15, 0.2) is 115 Å². The van der Waals surface area contributed by atoms with Crippen LogP contribution in [0.5, 0.6) is 11.5 Å². The number of ether oxygens (including phenoxy) is 2. The first-order valence-electron chi connectivity index (χ1n) is 27.6. The summed E-state index contributed by atoms with van der Waals surface area (Å²) >= 11 is 6.66. The number of fused-ring (bicyclic) bond motifs is 12. The lowest BCUT2D eigenvalue weighted by molar-refractivity contribution is -0.122. The minimum atomic E-state index is -1.97. The zero-order chi connectivity index (χ0) is 57.4. The van der Waals surface area contributed by atoms with E-state index in [0.29, 0.717) is 44.5 Å². The van der Waals surface area contributed by atoms with Gasteiger partial charge in [-0.25, -0.2) is 0 Å². The van der Waals surface area contributed by atoms with Gasteiger partial charge in [0.25, 0.3) is 23.6 Å². The lowest BCUT2D eigenvalue weighted by Crippen LogP contribution is -2.43. The number of methoxy groups -OCH3 is 2. The molecule has 0 radical (unpaired) electrons. The van der Waals surface area contributed by atoms with Crippen molar-refractivity contribution in [2.24, 2.45) is 0 Å². The second-order valence-corrected chi connectivity index (χ2v) is 34.8. The lowest BCUT2D eigenvalue weighted by atomic mass is 9.95. The van der Waals surface area contributed by atoms with Crippen molar-refractivity contribution >= 4 is 128 Å². The van der Waals surface area contributed by atoms with Gasteiger partial charge in [-0.3, -0.25) is 29.8 Å². The second-order valence-electron chi connectivity index (χ2n) is 24.9. The number of benzene rings is 5. The average Bonchev–Trinajstić information content (AvgIpc) is 3.92. The summed E-state index contributed by atoms with van der Waals surface area (Å²) in [6.45, 7) is 22.6. The molecule has 4 aromatic heterocycles. The van der Waals surface area contributed by atoms with E-state index >= 15 is 0 Å². The van der Waals surface area contributed by atoms with Gasteiger partial charge in [0.2, 0.25) is 0 Å². The van der Waals surface area contributed by atoms with Gasteiger partial charge in [-0.2, -0.15) is 0 Å². The van der Waals surface area contributed by atoms with E-state index in [1.54, 1.807) is 14.2 Å². The molecule has 2 unspecified atom stereocenters. The summed E-state index contributed by atoms with van der Waals surface area (Å²) in [4.78, 5) is 60.2. The third-order valence-corrected chi connectivity index (χ3v) is 27.3. The summed E-state index contributed by atoms with van der Waals surface area (Å²) in [5, 5.41) is 10.6. The average molecular weight is 1140 g/mol. The molecule has 0 saturated heterocycles. The van der Waals surface area contributed by atoms with Crippen molar-refractivity contribution in [1.29, 1.82) is 0 Å². The second kappa shape index (κ2) is 19.3. The van der Waals surface area contributed by atoms with E-state index in [9.17, 15) is 19.2 Å². The summed E-state index contributed by atoms with van der Waals surface area (Å²) in [5.74, 6) is -0.278. The van der Waals surface area contributed by atoms with Crippen LogP contribution in [-0.2, 0) is 18.4 Å². The van der Waals surface area contributed by atoms with Crippen LogP contribution in [0.1, 0.15) is 98.3 Å². The molecule has 4 atom stereocenters. The number of halogens is 1. The van der Waals surface area contributed by atoms with Crippen molar-refractivity contribution in [3.8, 4) is 11.5 Å². The Labute approximate surface area is 476 Å². The molecule has 9 aromatic rings. The molecule has 4 amide bonds. The largest absolute Gasteiger partial charge is 0.497 e. The maximum atomic E-state index is 13.5. The zero-order valence-corrected chi connectivity index (χ0v) is 50.5. The highest BCUT2D eigenvalue weighted by atomic mass is 35.5. The van der Waals surface area contributed by atoms with Crippen molar-refractivity contribution in [3.63, 3.8) is 0 Å². The van der Waals surface area contributed by atoms with Crippen molar-refractivity contribution in [3.05, 3.63) is 143 Å². The van der Waals surface area contributed by atoms with Gasteiger partial charge in [0, 0.05) is 79.0 Å². The quantitative estimate of drug-likeness (QED) is 0.0595. The molecule has 5 aromatic carbocycles. The van der Waals surface area contributed by atoms with Gasteiger partial charge in [0.1, 0.15) is 16.7 Å². The fourth-order valence-corrected chi connectivity index (χ4v) is 14.8. The van der Waals surface area contributed by atoms with Crippen molar-refractivity contribution in [2.75, 3.05) is 14.2 Å². The molecule has 4 N–H and O–H groups in total. The number of para-hydroxylation sites is 2. The van der Waals surface area contributed by atoms with Gasteiger partial charge in [0.15, 0.2) is 16.6 Å². The summed E-state index contributed by atoms with van der Waals surface area (Å²) in [5.41, 5.74) is 8.03. The van der Waals surface area contributed by atoms with Crippen LogP contribution in [0.2, 0.25) is 41.4 Å². The van der Waals surface area contributed by atoms with Crippen molar-refractivity contribution in [2.45, 2.75) is 115 Å². The number of nitrogens with zero attached hydrogens (tertiary/aromatic N) is 2. The Bertz CT molecular complexity index is 4270. The molecule has 17 heteroatoms. The molecule has 6 heterocycles. The molecule has 14 nitrogen and oxygen atoms in total. The third kappa shape index (κ3) is 8.79. The van der Waals surface area contributed by atoms with Crippen LogP contribution in [0.25, 0.3) is 76.6 Å². The van der Waals surface area contributed by atoms with E-state index in [-0.39, 0.29) is 51.8 Å². The predicted octanol–water partition coefficient (Wildman–Crippen LogP) is 14.5. The monoisotopic (exact) mass is 1140 g/mol. The van der Waals surface area contributed by atoms with Gasteiger partial charge < -0.3 is 37.4 Å². The summed E-state index contributed by atoms with van der Waals surface area (Å²) in [6.07, 6.45) is 12.3. The Hall–Kier alpha value is -7.48. The number of hydrogen-bond donors (Lipinski definition) is 4. The number of H-pyrrole nitrogens is 2. The molecule has 2 aliphatic heterocycles. The highest BCUT2D eigenvalue weighted by Gasteiger charge is 2.43. The number of carbonyl (C=O) groups excluding carboxylic acids is 4. The molecule has 13 rings (SSSR count). The first kappa shape index (κ1) is 54.1. The highest BCUT2D eigenvalue weighted by molar-refractivity contribution is 6.74. The number of hydrogen-bond acceptors (Lipinski definition) is 8. The van der Waals surface area contributed by atoms with Crippen LogP contribution in [0, 0.1) is 0 Å². The fraction of sp³-hybridized carbons (Fsp3) is 0.312. The molecular formula is C64H67ClN6O8Si2. The Morgan fingerprint density at radius 3 is 1.69 bits per heavy atom. The third-order valence-electron chi connectivity index (χ3n) is 18.0. The Morgan fingerprint density at radius 2 is 1.07 bits per heavy atom. The topological polar surface area (TPSA) is 171 Å². The maximum Gasteiger partial charge on any atom is 0.259 e. The van der Waals surface area contributed by atoms with Gasteiger partial charge >= 0.3 is 0 Å². The van der Waals surface area contributed by atoms with E-state index in [4.69, 9.17) is 29.9 Å². The van der Waals surface area contributed by atoms with E-state index in [2.05, 4.69) is 128 Å². The summed E-state index contributed by atoms with van der Waals surface area (Å²) < 4.78 is 29.1. The van der Waals surface area contributed by atoms with Crippen molar-refractivity contribution in [1.82, 2.24) is 29.7 Å². The van der Waals surface area contributed by atoms with Crippen molar-refractivity contribution < 1.29 is 37.5 Å². The normalized spacial score (nSPS) is 19.6. The van der Waals surface area contributed by atoms with Crippen LogP contribution in [0.4, 0.5) is 0 Å². The Balaban J connectivity index is 0.000000161.